The maximum atomic E-state index is 12.8. The monoisotopic (exact) mass is 436 g/mol. The Morgan fingerprint density at radius 3 is 2.77 bits per heavy atom. The highest BCUT2D eigenvalue weighted by Gasteiger charge is 2.28. The third-order valence-electron chi connectivity index (χ3n) is 5.45. The van der Waals surface area contributed by atoms with Crippen molar-refractivity contribution in [2.45, 2.75) is 26.3 Å². The van der Waals surface area contributed by atoms with E-state index in [0.717, 1.165) is 36.3 Å². The van der Waals surface area contributed by atoms with Crippen molar-refractivity contribution in [2.75, 3.05) is 18.0 Å². The molecule has 7 heteroatoms. The predicted molar refractivity (Wildman–Crippen MR) is 122 cm³/mol. The summed E-state index contributed by atoms with van der Waals surface area (Å²) in [5.74, 6) is 1.75. The van der Waals surface area contributed by atoms with E-state index in [0.29, 0.717) is 29.8 Å². The van der Waals surface area contributed by atoms with E-state index in [-0.39, 0.29) is 11.8 Å². The second-order valence-corrected chi connectivity index (χ2v) is 8.05. The van der Waals surface area contributed by atoms with E-state index in [1.54, 1.807) is 12.4 Å². The highest BCUT2D eigenvalue weighted by Crippen LogP contribution is 2.32. The van der Waals surface area contributed by atoms with Gasteiger partial charge in [0.2, 0.25) is 5.91 Å². The Morgan fingerprint density at radius 1 is 1.16 bits per heavy atom. The van der Waals surface area contributed by atoms with Crippen LogP contribution >= 0.6 is 11.6 Å². The summed E-state index contributed by atoms with van der Waals surface area (Å²) in [4.78, 5) is 23.8. The van der Waals surface area contributed by atoms with E-state index in [1.165, 1.54) is 0 Å². The molecule has 3 aromatic rings. The van der Waals surface area contributed by atoms with Gasteiger partial charge in [-0.15, -0.1) is 0 Å². The van der Waals surface area contributed by atoms with Crippen LogP contribution in [0, 0.1) is 12.8 Å². The number of nitrogens with zero attached hydrogens (tertiary/aromatic N) is 3. The lowest BCUT2D eigenvalue weighted by molar-refractivity contribution is -0.125. The smallest absolute Gasteiger partial charge is 0.263 e. The number of carbonyl (C=O) groups excluding carboxylic acids is 1. The van der Waals surface area contributed by atoms with E-state index in [2.05, 4.69) is 20.2 Å². The van der Waals surface area contributed by atoms with E-state index in [9.17, 15) is 4.79 Å². The van der Waals surface area contributed by atoms with Gasteiger partial charge in [-0.1, -0.05) is 48.0 Å². The Balaban J connectivity index is 1.44. The van der Waals surface area contributed by atoms with E-state index in [1.807, 2.05) is 55.5 Å². The lowest BCUT2D eigenvalue weighted by Crippen LogP contribution is -2.43. The number of ether oxygens (including phenoxy) is 1. The molecule has 1 unspecified atom stereocenters. The Bertz CT molecular complexity index is 1060. The average Bonchev–Trinajstić information content (AvgIpc) is 2.80. The number of hydrogen-bond donors (Lipinski definition) is 1. The van der Waals surface area contributed by atoms with Crippen molar-refractivity contribution >= 4 is 23.3 Å². The quantitative estimate of drug-likeness (QED) is 0.603. The van der Waals surface area contributed by atoms with Gasteiger partial charge in [-0.05, 0) is 43.0 Å². The number of piperidine rings is 1. The number of nitrogens with one attached hydrogen (secondary N) is 1. The molecule has 0 spiro atoms. The molecule has 6 nitrogen and oxygen atoms in total. The summed E-state index contributed by atoms with van der Waals surface area (Å²) in [5, 5.41) is 3.68. The first-order chi connectivity index (χ1) is 15.1. The minimum Gasteiger partial charge on any atom is -0.436 e. The predicted octanol–water partition coefficient (Wildman–Crippen LogP) is 4.76. The van der Waals surface area contributed by atoms with Crippen molar-refractivity contribution in [3.63, 3.8) is 0 Å². The highest BCUT2D eigenvalue weighted by atomic mass is 35.5. The van der Waals surface area contributed by atoms with Gasteiger partial charge in [0, 0.05) is 37.1 Å². The van der Waals surface area contributed by atoms with Gasteiger partial charge < -0.3 is 15.0 Å². The van der Waals surface area contributed by atoms with Crippen LogP contribution in [0.2, 0.25) is 5.02 Å². The van der Waals surface area contributed by atoms with Crippen LogP contribution in [0.3, 0.4) is 0 Å². The number of aromatic nitrogens is 2. The first kappa shape index (κ1) is 21.1. The molecule has 1 atom stereocenters. The molecule has 2 heterocycles. The lowest BCUT2D eigenvalue weighted by Gasteiger charge is -2.33. The molecule has 4 rings (SSSR count). The van der Waals surface area contributed by atoms with Gasteiger partial charge in [-0.3, -0.25) is 4.79 Å². The molecule has 2 aromatic carbocycles. The van der Waals surface area contributed by atoms with E-state index in [4.69, 9.17) is 16.3 Å². The zero-order chi connectivity index (χ0) is 21.6. The maximum absolute atomic E-state index is 12.8. The van der Waals surface area contributed by atoms with Gasteiger partial charge in [0.15, 0.2) is 5.82 Å². The number of aryl methyl sites for hydroxylation is 1. The summed E-state index contributed by atoms with van der Waals surface area (Å²) < 4.78 is 6.08. The zero-order valence-corrected chi connectivity index (χ0v) is 18.2. The van der Waals surface area contributed by atoms with Gasteiger partial charge in [0.25, 0.3) is 5.88 Å². The number of para-hydroxylation sites is 1. The summed E-state index contributed by atoms with van der Waals surface area (Å²) in [7, 11) is 0. The molecule has 1 fully saturated rings. The second-order valence-electron chi connectivity index (χ2n) is 7.65. The van der Waals surface area contributed by atoms with Crippen molar-refractivity contribution in [3.8, 4) is 11.6 Å². The number of benzene rings is 2. The van der Waals surface area contributed by atoms with Crippen LogP contribution in [0.25, 0.3) is 0 Å². The average molecular weight is 437 g/mol. The zero-order valence-electron chi connectivity index (χ0n) is 17.4. The van der Waals surface area contributed by atoms with Crippen molar-refractivity contribution < 1.29 is 9.53 Å². The number of rotatable bonds is 6. The molecule has 160 valence electrons. The second kappa shape index (κ2) is 9.79. The third kappa shape index (κ3) is 5.14. The van der Waals surface area contributed by atoms with Crippen LogP contribution in [-0.4, -0.2) is 29.0 Å². The molecule has 0 saturated carbocycles. The number of anilines is 1. The molecule has 1 amide bonds. The molecule has 0 aliphatic carbocycles. The van der Waals surface area contributed by atoms with Crippen LogP contribution < -0.4 is 15.0 Å². The van der Waals surface area contributed by atoms with E-state index < -0.39 is 0 Å². The molecule has 0 bridgehead atoms. The topological polar surface area (TPSA) is 67.4 Å². The van der Waals surface area contributed by atoms with Crippen molar-refractivity contribution in [1.29, 1.82) is 0 Å². The number of amides is 1. The summed E-state index contributed by atoms with van der Waals surface area (Å²) in [5.41, 5.74) is 1.93. The first-order valence-corrected chi connectivity index (χ1v) is 10.8. The molecular weight excluding hydrogens is 412 g/mol. The lowest BCUT2D eigenvalue weighted by atomic mass is 9.97. The summed E-state index contributed by atoms with van der Waals surface area (Å²) >= 11 is 6.20. The Kier molecular flexibility index (Phi) is 6.67. The fraction of sp³-hybridized carbons (Fsp3) is 0.292. The standard InChI is InChI=1S/C24H25ClN4O2/c1-17-7-2-5-11-21(17)31-24-22(26-12-13-27-24)29-14-6-9-19(16-29)23(30)28-15-18-8-3-4-10-20(18)25/h2-5,7-8,10-13,19H,6,9,14-16H2,1H3,(H,28,30). The minimum atomic E-state index is -0.135. The van der Waals surface area contributed by atoms with E-state index >= 15 is 0 Å². The van der Waals surface area contributed by atoms with Crippen LogP contribution in [0.15, 0.2) is 60.9 Å². The van der Waals surface area contributed by atoms with Crippen LogP contribution in [0.4, 0.5) is 5.82 Å². The molecule has 1 aliphatic rings. The van der Waals surface area contributed by atoms with Crippen molar-refractivity contribution in [3.05, 3.63) is 77.1 Å². The molecule has 1 aromatic heterocycles. The van der Waals surface area contributed by atoms with Crippen LogP contribution in [-0.2, 0) is 11.3 Å². The number of hydrogen-bond acceptors (Lipinski definition) is 5. The van der Waals surface area contributed by atoms with Gasteiger partial charge in [-0.25, -0.2) is 9.97 Å². The first-order valence-electron chi connectivity index (χ1n) is 10.4. The molecule has 1 saturated heterocycles. The normalized spacial score (nSPS) is 16.1. The Labute approximate surface area is 187 Å². The Morgan fingerprint density at radius 2 is 1.94 bits per heavy atom. The molecule has 1 aliphatic heterocycles. The maximum Gasteiger partial charge on any atom is 0.263 e. The third-order valence-corrected chi connectivity index (χ3v) is 5.82. The summed E-state index contributed by atoms with van der Waals surface area (Å²) in [6.45, 7) is 3.78. The van der Waals surface area contributed by atoms with Gasteiger partial charge in [0.05, 0.1) is 5.92 Å². The Hall–Kier alpha value is -3.12. The summed E-state index contributed by atoms with van der Waals surface area (Å²) in [6, 6.07) is 15.3. The van der Waals surface area contributed by atoms with Crippen molar-refractivity contribution in [2.24, 2.45) is 5.92 Å². The SMILES string of the molecule is Cc1ccccc1Oc1nccnc1N1CCCC(C(=O)NCc2ccccc2Cl)C1. The van der Waals surface area contributed by atoms with Gasteiger partial charge in [0.1, 0.15) is 5.75 Å². The molecule has 1 N–H and O–H groups in total. The van der Waals surface area contributed by atoms with Crippen LogP contribution in [0.1, 0.15) is 24.0 Å². The fourth-order valence-electron chi connectivity index (χ4n) is 3.73. The van der Waals surface area contributed by atoms with Gasteiger partial charge in [-0.2, -0.15) is 0 Å². The number of carbonyl (C=O) groups is 1. The largest absolute Gasteiger partial charge is 0.436 e. The van der Waals surface area contributed by atoms with Gasteiger partial charge >= 0.3 is 0 Å². The fourth-order valence-corrected chi connectivity index (χ4v) is 3.94. The molecular formula is C24H25ClN4O2. The minimum absolute atomic E-state index is 0.0230. The highest BCUT2D eigenvalue weighted by molar-refractivity contribution is 6.31. The van der Waals surface area contributed by atoms with Crippen LogP contribution in [0.5, 0.6) is 11.6 Å². The number of halogens is 1. The van der Waals surface area contributed by atoms with Crippen molar-refractivity contribution in [1.82, 2.24) is 15.3 Å². The molecule has 31 heavy (non-hydrogen) atoms. The molecule has 0 radical (unpaired) electrons. The summed E-state index contributed by atoms with van der Waals surface area (Å²) in [6.07, 6.45) is 5.00.